The zero-order valence-corrected chi connectivity index (χ0v) is 16.5. The Hall–Kier alpha value is -2.31. The monoisotopic (exact) mass is 419 g/mol. The number of piperidine rings is 1. The number of rotatable bonds is 7. The van der Waals surface area contributed by atoms with E-state index in [0.717, 1.165) is 19.3 Å². The molecule has 2 rings (SSSR count). The third kappa shape index (κ3) is 5.36. The first-order valence-electron chi connectivity index (χ1n) is 8.85. The van der Waals surface area contributed by atoms with Crippen molar-refractivity contribution in [2.45, 2.75) is 56.5 Å². The molecule has 0 bridgehead atoms. The number of aromatic hydroxyl groups is 2. The predicted octanol–water partition coefficient (Wildman–Crippen LogP) is -0.130. The number of carbonyl (C=O) groups is 2. The van der Waals surface area contributed by atoms with Crippen LogP contribution in [0, 0.1) is 0 Å². The highest BCUT2D eigenvalue weighted by Crippen LogP contribution is 2.30. The lowest BCUT2D eigenvalue weighted by Gasteiger charge is -2.38. The van der Waals surface area contributed by atoms with Gasteiger partial charge in [-0.15, -0.1) is 4.73 Å². The fraction of sp³-hybridized carbons (Fsp3) is 0.625. The van der Waals surface area contributed by atoms with Crippen LogP contribution in [0.4, 0.5) is 0 Å². The molecule has 4 N–H and O–H groups in total. The summed E-state index contributed by atoms with van der Waals surface area (Å²) in [4.78, 5) is 29.6. The molecular formula is C16H25N3O8S. The van der Waals surface area contributed by atoms with Crippen molar-refractivity contribution in [1.82, 2.24) is 14.9 Å². The molecule has 1 aromatic rings. The van der Waals surface area contributed by atoms with Crippen LogP contribution < -0.4 is 10.2 Å². The van der Waals surface area contributed by atoms with Crippen LogP contribution in [-0.4, -0.2) is 69.9 Å². The van der Waals surface area contributed by atoms with Crippen molar-refractivity contribution < 1.29 is 37.6 Å². The van der Waals surface area contributed by atoms with Crippen molar-refractivity contribution in [3.05, 3.63) is 6.07 Å². The number of nitrogens with zero attached hydrogens (tertiary/aromatic N) is 2. The fourth-order valence-corrected chi connectivity index (χ4v) is 3.76. The number of hydrogen-bond acceptors (Lipinski definition) is 8. The summed E-state index contributed by atoms with van der Waals surface area (Å²) < 4.78 is 31.2. The summed E-state index contributed by atoms with van der Waals surface area (Å²) in [6.07, 6.45) is 2.90. The molecule has 1 aromatic heterocycles. The van der Waals surface area contributed by atoms with Gasteiger partial charge in [0, 0.05) is 24.7 Å². The van der Waals surface area contributed by atoms with Crippen LogP contribution in [0.3, 0.4) is 0 Å². The van der Waals surface area contributed by atoms with Crippen molar-refractivity contribution >= 4 is 22.0 Å². The highest BCUT2D eigenvalue weighted by molar-refractivity contribution is 7.86. The van der Waals surface area contributed by atoms with Gasteiger partial charge in [0.05, 0.1) is 13.0 Å². The van der Waals surface area contributed by atoms with Gasteiger partial charge in [-0.3, -0.25) is 14.2 Å². The Balaban J connectivity index is 1.83. The normalized spacial score (nSPS) is 20.7. The van der Waals surface area contributed by atoms with Gasteiger partial charge in [-0.1, -0.05) is 6.42 Å². The van der Waals surface area contributed by atoms with Crippen LogP contribution in [0.2, 0.25) is 0 Å². The molecule has 1 aliphatic heterocycles. The fourth-order valence-electron chi connectivity index (χ4n) is 3.19. The van der Waals surface area contributed by atoms with Gasteiger partial charge in [0.25, 0.3) is 16.0 Å². The molecule has 0 aromatic carbocycles. The van der Waals surface area contributed by atoms with E-state index in [1.807, 2.05) is 0 Å². The van der Waals surface area contributed by atoms with E-state index in [4.69, 9.17) is 4.55 Å². The van der Waals surface area contributed by atoms with E-state index in [9.17, 15) is 28.2 Å². The molecule has 1 aliphatic rings. The molecule has 0 aliphatic carbocycles. The van der Waals surface area contributed by atoms with Crippen LogP contribution in [0.5, 0.6) is 11.8 Å². The summed E-state index contributed by atoms with van der Waals surface area (Å²) in [5.41, 5.74) is 0. The summed E-state index contributed by atoms with van der Waals surface area (Å²) >= 11 is 0. The highest BCUT2D eigenvalue weighted by atomic mass is 32.2. The number of aromatic nitrogens is 1. The number of amides is 1. The van der Waals surface area contributed by atoms with Crippen molar-refractivity contribution in [2.75, 3.05) is 13.1 Å². The third-order valence-corrected chi connectivity index (χ3v) is 5.56. The highest BCUT2D eigenvalue weighted by Gasteiger charge is 2.27. The minimum Gasteiger partial charge on any atom is -0.492 e. The molecule has 158 valence electrons. The van der Waals surface area contributed by atoms with E-state index in [1.165, 1.54) is 0 Å². The Kier molecular flexibility index (Phi) is 6.91. The van der Waals surface area contributed by atoms with Crippen LogP contribution in [0.1, 0.15) is 39.5 Å². The third-order valence-electron chi connectivity index (χ3n) is 4.71. The number of nitrogens with one attached hydrogen (secondary N) is 1. The summed E-state index contributed by atoms with van der Waals surface area (Å²) in [7, 11) is -4.81. The lowest BCUT2D eigenvalue weighted by molar-refractivity contribution is -0.145. The Bertz CT molecular complexity index is 825. The van der Waals surface area contributed by atoms with Crippen molar-refractivity contribution in [3.8, 4) is 11.8 Å². The van der Waals surface area contributed by atoms with Crippen molar-refractivity contribution in [1.29, 1.82) is 0 Å². The number of carbonyl (C=O) groups excluding carboxylic acids is 2. The zero-order chi connectivity index (χ0) is 21.1. The first-order chi connectivity index (χ1) is 13.0. The van der Waals surface area contributed by atoms with Gasteiger partial charge in [0.1, 0.15) is 0 Å². The average Bonchev–Trinajstić information content (AvgIpc) is 2.86. The van der Waals surface area contributed by atoms with E-state index in [2.05, 4.69) is 28.9 Å². The van der Waals surface area contributed by atoms with Gasteiger partial charge in [-0.25, -0.2) is 4.79 Å². The first kappa shape index (κ1) is 22.0. The Morgan fingerprint density at radius 1 is 1.25 bits per heavy atom. The molecule has 1 saturated heterocycles. The van der Waals surface area contributed by atoms with Gasteiger partial charge in [0.15, 0.2) is 4.90 Å². The maximum Gasteiger partial charge on any atom is 0.334 e. The second kappa shape index (κ2) is 8.80. The van der Waals surface area contributed by atoms with Crippen LogP contribution in [0.15, 0.2) is 11.0 Å². The summed E-state index contributed by atoms with van der Waals surface area (Å²) in [6.45, 7) is 4.31. The molecule has 28 heavy (non-hydrogen) atoms. The van der Waals surface area contributed by atoms with Crippen LogP contribution in [-0.2, 0) is 19.7 Å². The number of likely N-dealkylation sites (tertiary alicyclic amines) is 1. The van der Waals surface area contributed by atoms with Gasteiger partial charge >= 0.3 is 5.97 Å². The SMILES string of the molecule is CC1CCCC(C)N1CC(=O)NCCC(=O)On1c(O)cc(S(=O)(=O)O)c1O. The standard InChI is InChI=1S/C16H25N3O8S/c1-10-4-3-5-11(2)18(10)9-13(20)17-7-6-15(22)27-19-14(21)8-12(16(19)23)28(24,25)26/h8,10-11,21,23H,3-7,9H2,1-2H3,(H,17,20)(H,24,25,26). The second-order valence-corrected chi connectivity index (χ2v) is 8.21. The smallest absolute Gasteiger partial charge is 0.334 e. The van der Waals surface area contributed by atoms with E-state index < -0.39 is 32.7 Å². The summed E-state index contributed by atoms with van der Waals surface area (Å²) in [6, 6.07) is 1.13. The summed E-state index contributed by atoms with van der Waals surface area (Å²) in [5.74, 6) is -3.22. The lowest BCUT2D eigenvalue weighted by atomic mass is 9.97. The molecule has 0 saturated carbocycles. The van der Waals surface area contributed by atoms with Gasteiger partial charge < -0.3 is 20.4 Å². The summed E-state index contributed by atoms with van der Waals surface area (Å²) in [5, 5.41) is 21.8. The predicted molar refractivity (Wildman–Crippen MR) is 96.3 cm³/mol. The second-order valence-electron chi connectivity index (χ2n) is 6.82. The van der Waals surface area contributed by atoms with Gasteiger partial charge in [-0.05, 0) is 26.7 Å². The molecule has 12 heteroatoms. The minimum atomic E-state index is -4.81. The topological polar surface area (TPSA) is 158 Å². The largest absolute Gasteiger partial charge is 0.492 e. The van der Waals surface area contributed by atoms with E-state index in [0.29, 0.717) is 18.2 Å². The molecule has 2 heterocycles. The van der Waals surface area contributed by atoms with E-state index in [-0.39, 0.29) is 30.1 Å². The molecule has 0 radical (unpaired) electrons. The molecule has 0 spiro atoms. The maximum atomic E-state index is 12.1. The minimum absolute atomic E-state index is 0.0395. The van der Waals surface area contributed by atoms with Gasteiger partial charge in [0.2, 0.25) is 11.8 Å². The molecule has 11 nitrogen and oxygen atoms in total. The zero-order valence-electron chi connectivity index (χ0n) is 15.7. The number of hydrogen-bond donors (Lipinski definition) is 4. The molecule has 1 amide bonds. The first-order valence-corrected chi connectivity index (χ1v) is 10.3. The maximum absolute atomic E-state index is 12.1. The van der Waals surface area contributed by atoms with Gasteiger partial charge in [-0.2, -0.15) is 8.42 Å². The Morgan fingerprint density at radius 3 is 2.39 bits per heavy atom. The van der Waals surface area contributed by atoms with Crippen molar-refractivity contribution in [2.24, 2.45) is 0 Å². The Morgan fingerprint density at radius 2 is 1.86 bits per heavy atom. The van der Waals surface area contributed by atoms with E-state index >= 15 is 0 Å². The lowest BCUT2D eigenvalue weighted by Crippen LogP contribution is -2.48. The molecule has 1 fully saturated rings. The van der Waals surface area contributed by atoms with Crippen LogP contribution >= 0.6 is 0 Å². The van der Waals surface area contributed by atoms with E-state index in [1.54, 1.807) is 0 Å². The molecular weight excluding hydrogens is 394 g/mol. The Labute approximate surface area is 162 Å². The average molecular weight is 419 g/mol. The quantitative estimate of drug-likeness (QED) is 0.442. The van der Waals surface area contributed by atoms with Crippen molar-refractivity contribution in [3.63, 3.8) is 0 Å². The van der Waals surface area contributed by atoms with Crippen LogP contribution in [0.25, 0.3) is 0 Å². The molecule has 2 unspecified atom stereocenters. The molecule has 2 atom stereocenters.